The van der Waals surface area contributed by atoms with Gasteiger partial charge in [0, 0.05) is 24.2 Å². The third-order valence-electron chi connectivity index (χ3n) is 5.01. The van der Waals surface area contributed by atoms with Gasteiger partial charge in [-0.1, -0.05) is 6.07 Å². The van der Waals surface area contributed by atoms with Crippen LogP contribution in [0, 0.1) is 0 Å². The highest BCUT2D eigenvalue weighted by atomic mass is 16.7. The van der Waals surface area contributed by atoms with Gasteiger partial charge in [-0.3, -0.25) is 9.59 Å². The first-order chi connectivity index (χ1) is 13.1. The normalized spacial score (nSPS) is 16.9. The van der Waals surface area contributed by atoms with E-state index in [1.165, 1.54) is 0 Å². The van der Waals surface area contributed by atoms with Crippen molar-refractivity contribution in [3.8, 4) is 11.5 Å². The predicted molar refractivity (Wildman–Crippen MR) is 101 cm³/mol. The Hall–Kier alpha value is -3.02. The molecular formula is C21H22N2O4. The Morgan fingerprint density at radius 1 is 1.07 bits per heavy atom. The minimum atomic E-state index is -0.171. The zero-order valence-electron chi connectivity index (χ0n) is 15.2. The maximum atomic E-state index is 12.6. The van der Waals surface area contributed by atoms with Gasteiger partial charge in [0.2, 0.25) is 12.7 Å². The van der Waals surface area contributed by atoms with Gasteiger partial charge < -0.3 is 19.7 Å². The summed E-state index contributed by atoms with van der Waals surface area (Å²) in [6.07, 6.45) is 2.56. The average Bonchev–Trinajstić information content (AvgIpc) is 3.16. The number of nitrogens with one attached hydrogen (secondary N) is 1. The molecule has 2 aliphatic heterocycles. The van der Waals surface area contributed by atoms with Crippen molar-refractivity contribution in [3.63, 3.8) is 0 Å². The van der Waals surface area contributed by atoms with Crippen molar-refractivity contribution in [2.24, 2.45) is 0 Å². The molecule has 0 aromatic heterocycles. The Bertz CT molecular complexity index is 863. The zero-order chi connectivity index (χ0) is 18.8. The van der Waals surface area contributed by atoms with Crippen LogP contribution < -0.4 is 19.7 Å². The molecule has 2 aromatic rings. The van der Waals surface area contributed by atoms with Gasteiger partial charge in [0.1, 0.15) is 0 Å². The van der Waals surface area contributed by atoms with E-state index in [9.17, 15) is 9.59 Å². The minimum Gasteiger partial charge on any atom is -0.454 e. The van der Waals surface area contributed by atoms with Gasteiger partial charge in [0.25, 0.3) is 5.91 Å². The molecule has 1 saturated heterocycles. The highest BCUT2D eigenvalue weighted by molar-refractivity contribution is 5.97. The molecule has 140 valence electrons. The van der Waals surface area contributed by atoms with E-state index >= 15 is 0 Å². The van der Waals surface area contributed by atoms with Crippen molar-refractivity contribution < 1.29 is 19.1 Å². The van der Waals surface area contributed by atoms with Crippen LogP contribution in [0.15, 0.2) is 42.5 Å². The van der Waals surface area contributed by atoms with Gasteiger partial charge in [0.05, 0.1) is 6.04 Å². The van der Waals surface area contributed by atoms with E-state index in [4.69, 9.17) is 9.47 Å². The SMILES string of the molecule is CC(NC(=O)c1ccc(N2CCCCC2=O)cc1)c1ccc2c(c1)OCO2. The van der Waals surface area contributed by atoms with Crippen LogP contribution in [0.4, 0.5) is 5.69 Å². The highest BCUT2D eigenvalue weighted by Crippen LogP contribution is 2.34. The Morgan fingerprint density at radius 2 is 1.85 bits per heavy atom. The molecule has 0 spiro atoms. The lowest BCUT2D eigenvalue weighted by Gasteiger charge is -2.26. The van der Waals surface area contributed by atoms with Gasteiger partial charge in [-0.15, -0.1) is 0 Å². The lowest BCUT2D eigenvalue weighted by Crippen LogP contribution is -2.35. The van der Waals surface area contributed by atoms with Crippen molar-refractivity contribution in [2.45, 2.75) is 32.2 Å². The van der Waals surface area contributed by atoms with Crippen molar-refractivity contribution in [3.05, 3.63) is 53.6 Å². The van der Waals surface area contributed by atoms with Crippen molar-refractivity contribution in [2.75, 3.05) is 18.2 Å². The lowest BCUT2D eigenvalue weighted by molar-refractivity contribution is -0.119. The van der Waals surface area contributed by atoms with Crippen LogP contribution in [-0.4, -0.2) is 25.2 Å². The van der Waals surface area contributed by atoms with E-state index in [0.717, 1.165) is 36.4 Å². The summed E-state index contributed by atoms with van der Waals surface area (Å²) in [6.45, 7) is 2.90. The largest absolute Gasteiger partial charge is 0.454 e. The Morgan fingerprint density at radius 3 is 2.63 bits per heavy atom. The number of ether oxygens (including phenoxy) is 2. The molecule has 0 bridgehead atoms. The van der Waals surface area contributed by atoms with Gasteiger partial charge in [-0.05, 0) is 61.7 Å². The van der Waals surface area contributed by atoms with E-state index in [1.807, 2.05) is 37.3 Å². The van der Waals surface area contributed by atoms with E-state index in [0.29, 0.717) is 17.7 Å². The molecule has 2 aromatic carbocycles. The summed E-state index contributed by atoms with van der Waals surface area (Å²) in [5.41, 5.74) is 2.36. The van der Waals surface area contributed by atoms with Crippen molar-refractivity contribution >= 4 is 17.5 Å². The van der Waals surface area contributed by atoms with E-state index in [-0.39, 0.29) is 24.6 Å². The maximum Gasteiger partial charge on any atom is 0.251 e. The predicted octanol–water partition coefficient (Wildman–Crippen LogP) is 3.42. The third-order valence-corrected chi connectivity index (χ3v) is 5.01. The summed E-state index contributed by atoms with van der Waals surface area (Å²) in [6, 6.07) is 12.7. The van der Waals surface area contributed by atoms with Crippen LogP contribution in [-0.2, 0) is 4.79 Å². The third kappa shape index (κ3) is 3.60. The standard InChI is InChI=1S/C21H22N2O4/c1-14(16-7-10-18-19(12-16)27-13-26-18)22-21(25)15-5-8-17(9-6-15)23-11-3-2-4-20(23)24/h5-10,12,14H,2-4,11,13H2,1H3,(H,22,25). The van der Waals surface area contributed by atoms with Gasteiger partial charge in [0.15, 0.2) is 11.5 Å². The number of hydrogen-bond donors (Lipinski definition) is 1. The molecule has 1 atom stereocenters. The number of carbonyl (C=O) groups is 2. The molecule has 1 fully saturated rings. The summed E-state index contributed by atoms with van der Waals surface area (Å²) < 4.78 is 10.7. The molecule has 4 rings (SSSR count). The fourth-order valence-corrected chi connectivity index (χ4v) is 3.42. The molecular weight excluding hydrogens is 344 g/mol. The van der Waals surface area contributed by atoms with Crippen LogP contribution in [0.5, 0.6) is 11.5 Å². The van der Waals surface area contributed by atoms with Gasteiger partial charge in [-0.2, -0.15) is 0 Å². The minimum absolute atomic E-state index is 0.148. The topological polar surface area (TPSA) is 67.9 Å². The molecule has 1 unspecified atom stereocenters. The summed E-state index contributed by atoms with van der Waals surface area (Å²) in [7, 11) is 0. The quantitative estimate of drug-likeness (QED) is 0.900. The van der Waals surface area contributed by atoms with Crippen LogP contribution >= 0.6 is 0 Å². The first-order valence-corrected chi connectivity index (χ1v) is 9.22. The second-order valence-electron chi connectivity index (χ2n) is 6.86. The first kappa shape index (κ1) is 17.4. The van der Waals surface area contributed by atoms with Gasteiger partial charge >= 0.3 is 0 Å². The molecule has 27 heavy (non-hydrogen) atoms. The van der Waals surface area contributed by atoms with Crippen molar-refractivity contribution in [1.82, 2.24) is 5.32 Å². The second kappa shape index (κ2) is 7.31. The molecule has 2 amide bonds. The molecule has 2 aliphatic rings. The number of piperidine rings is 1. The monoisotopic (exact) mass is 366 g/mol. The van der Waals surface area contributed by atoms with Crippen molar-refractivity contribution in [1.29, 1.82) is 0 Å². The van der Waals surface area contributed by atoms with Crippen LogP contribution in [0.3, 0.4) is 0 Å². The average molecular weight is 366 g/mol. The molecule has 0 saturated carbocycles. The van der Waals surface area contributed by atoms with Crippen LogP contribution in [0.2, 0.25) is 0 Å². The summed E-state index contributed by atoms with van der Waals surface area (Å²) in [4.78, 5) is 26.4. The van der Waals surface area contributed by atoms with Crippen LogP contribution in [0.25, 0.3) is 0 Å². The number of anilines is 1. The number of rotatable bonds is 4. The number of fused-ring (bicyclic) bond motifs is 1. The Kier molecular flexibility index (Phi) is 4.71. The fraction of sp³-hybridized carbons (Fsp3) is 0.333. The number of carbonyl (C=O) groups excluding carboxylic acids is 2. The Labute approximate surface area is 158 Å². The smallest absolute Gasteiger partial charge is 0.251 e. The molecule has 0 aliphatic carbocycles. The summed E-state index contributed by atoms with van der Waals surface area (Å²) >= 11 is 0. The van der Waals surface area contributed by atoms with E-state index < -0.39 is 0 Å². The zero-order valence-corrected chi connectivity index (χ0v) is 15.2. The molecule has 2 heterocycles. The number of benzene rings is 2. The second-order valence-corrected chi connectivity index (χ2v) is 6.86. The first-order valence-electron chi connectivity index (χ1n) is 9.22. The maximum absolute atomic E-state index is 12.6. The van der Waals surface area contributed by atoms with E-state index in [1.54, 1.807) is 17.0 Å². The Balaban J connectivity index is 1.42. The number of amides is 2. The fourth-order valence-electron chi connectivity index (χ4n) is 3.42. The molecule has 6 nitrogen and oxygen atoms in total. The molecule has 6 heteroatoms. The number of nitrogens with zero attached hydrogens (tertiary/aromatic N) is 1. The van der Waals surface area contributed by atoms with Crippen LogP contribution in [0.1, 0.15) is 48.1 Å². The van der Waals surface area contributed by atoms with Gasteiger partial charge in [-0.25, -0.2) is 0 Å². The molecule has 0 radical (unpaired) electrons. The lowest BCUT2D eigenvalue weighted by atomic mass is 10.1. The highest BCUT2D eigenvalue weighted by Gasteiger charge is 2.20. The molecule has 1 N–H and O–H groups in total. The number of hydrogen-bond acceptors (Lipinski definition) is 4. The summed E-state index contributed by atoms with van der Waals surface area (Å²) in [5, 5.41) is 3.00. The summed E-state index contributed by atoms with van der Waals surface area (Å²) in [5.74, 6) is 1.41. The van der Waals surface area contributed by atoms with E-state index in [2.05, 4.69) is 5.32 Å².